The van der Waals surface area contributed by atoms with E-state index >= 15 is 0 Å². The fraction of sp³-hybridized carbons (Fsp3) is 0.250. The molecule has 2 aromatic carbocycles. The summed E-state index contributed by atoms with van der Waals surface area (Å²) >= 11 is 0. The summed E-state index contributed by atoms with van der Waals surface area (Å²) in [5.74, 6) is 2.06. The molecule has 0 N–H and O–H groups in total. The van der Waals surface area contributed by atoms with E-state index in [0.717, 1.165) is 10.5 Å². The van der Waals surface area contributed by atoms with Crippen molar-refractivity contribution in [2.75, 3.05) is 21.3 Å². The van der Waals surface area contributed by atoms with Crippen LogP contribution in [0.1, 0.15) is 5.56 Å². The smallest absolute Gasteiger partial charge is 0.203 e. The molecule has 0 radical (unpaired) electrons. The van der Waals surface area contributed by atoms with E-state index < -0.39 is 10.8 Å². The van der Waals surface area contributed by atoms with Crippen LogP contribution in [0.15, 0.2) is 47.4 Å². The zero-order valence-electron chi connectivity index (χ0n) is 12.3. The minimum absolute atomic E-state index is 0.390. The summed E-state index contributed by atoms with van der Waals surface area (Å²) in [6.45, 7) is 0. The molecule has 0 aliphatic heterocycles. The Bertz CT molecular complexity index is 600. The first-order chi connectivity index (χ1) is 10.2. The van der Waals surface area contributed by atoms with Crippen LogP contribution in [-0.2, 0) is 16.6 Å². The summed E-state index contributed by atoms with van der Waals surface area (Å²) in [4.78, 5) is 0.797. The van der Waals surface area contributed by atoms with Crippen molar-refractivity contribution in [3.63, 3.8) is 0 Å². The van der Waals surface area contributed by atoms with Crippen LogP contribution >= 0.6 is 0 Å². The zero-order chi connectivity index (χ0) is 15.2. The number of methoxy groups -OCH3 is 3. The highest BCUT2D eigenvalue weighted by Crippen LogP contribution is 2.38. The van der Waals surface area contributed by atoms with Crippen molar-refractivity contribution in [2.45, 2.75) is 10.6 Å². The van der Waals surface area contributed by atoms with Gasteiger partial charge < -0.3 is 14.2 Å². The summed E-state index contributed by atoms with van der Waals surface area (Å²) in [5, 5.41) is 0. The van der Waals surface area contributed by atoms with Gasteiger partial charge in [0.1, 0.15) is 0 Å². The maximum Gasteiger partial charge on any atom is 0.203 e. The molecule has 0 aliphatic carbocycles. The number of hydrogen-bond acceptors (Lipinski definition) is 4. The number of rotatable bonds is 6. The molecule has 2 aromatic rings. The highest BCUT2D eigenvalue weighted by molar-refractivity contribution is 7.84. The fourth-order valence-electron chi connectivity index (χ4n) is 2.03. The van der Waals surface area contributed by atoms with Crippen LogP contribution in [0.5, 0.6) is 17.2 Å². The van der Waals surface area contributed by atoms with Crippen molar-refractivity contribution in [2.24, 2.45) is 0 Å². The fourth-order valence-corrected chi connectivity index (χ4v) is 3.12. The largest absolute Gasteiger partial charge is 0.493 e. The molecule has 0 saturated carbocycles. The molecule has 0 aliphatic rings. The number of benzene rings is 2. The molecule has 0 heterocycles. The summed E-state index contributed by atoms with van der Waals surface area (Å²) in [5.41, 5.74) is 0.867. The van der Waals surface area contributed by atoms with Crippen LogP contribution in [0, 0.1) is 0 Å². The lowest BCUT2D eigenvalue weighted by Gasteiger charge is -2.14. The third kappa shape index (κ3) is 3.55. The molecular formula is C16H18O4S. The molecule has 0 bridgehead atoms. The summed E-state index contributed by atoms with van der Waals surface area (Å²) in [6, 6.07) is 13.0. The Morgan fingerprint density at radius 1 is 0.905 bits per heavy atom. The Morgan fingerprint density at radius 2 is 1.48 bits per heavy atom. The molecule has 1 atom stereocenters. The first-order valence-corrected chi connectivity index (χ1v) is 7.73. The van der Waals surface area contributed by atoms with Gasteiger partial charge in [0.25, 0.3) is 0 Å². The van der Waals surface area contributed by atoms with E-state index in [1.807, 2.05) is 42.5 Å². The molecule has 1 unspecified atom stereocenters. The third-order valence-corrected chi connectivity index (χ3v) is 4.42. The van der Waals surface area contributed by atoms with E-state index in [9.17, 15) is 4.21 Å². The lowest BCUT2D eigenvalue weighted by atomic mass is 10.2. The number of ether oxygens (including phenoxy) is 3. The Balaban J connectivity index is 2.30. The van der Waals surface area contributed by atoms with Gasteiger partial charge >= 0.3 is 0 Å². The van der Waals surface area contributed by atoms with Gasteiger partial charge in [0.05, 0.1) is 37.9 Å². The quantitative estimate of drug-likeness (QED) is 0.823. The van der Waals surface area contributed by atoms with Crippen LogP contribution in [0.2, 0.25) is 0 Å². The summed E-state index contributed by atoms with van der Waals surface area (Å²) < 4.78 is 28.2. The molecular weight excluding hydrogens is 288 g/mol. The first kappa shape index (κ1) is 15.4. The lowest BCUT2D eigenvalue weighted by molar-refractivity contribution is 0.324. The molecule has 4 nitrogen and oxygen atoms in total. The maximum atomic E-state index is 12.4. The van der Waals surface area contributed by atoms with Gasteiger partial charge in [0.15, 0.2) is 11.5 Å². The van der Waals surface area contributed by atoms with Crippen LogP contribution in [0.4, 0.5) is 0 Å². The minimum atomic E-state index is -1.12. The van der Waals surface area contributed by atoms with Gasteiger partial charge in [-0.25, -0.2) is 0 Å². The van der Waals surface area contributed by atoms with Gasteiger partial charge in [-0.2, -0.15) is 0 Å². The Hall–Kier alpha value is -2.01. The molecule has 0 fully saturated rings. The second-order valence-corrected chi connectivity index (χ2v) is 5.79. The molecule has 21 heavy (non-hydrogen) atoms. The maximum absolute atomic E-state index is 12.4. The van der Waals surface area contributed by atoms with Crippen LogP contribution < -0.4 is 14.2 Å². The molecule has 5 heteroatoms. The predicted molar refractivity (Wildman–Crippen MR) is 82.7 cm³/mol. The van der Waals surface area contributed by atoms with Gasteiger partial charge in [0, 0.05) is 4.90 Å². The van der Waals surface area contributed by atoms with Gasteiger partial charge in [-0.1, -0.05) is 18.2 Å². The SMILES string of the molecule is COc1cc(CS(=O)c2ccccc2)cc(OC)c1OC. The highest BCUT2D eigenvalue weighted by Gasteiger charge is 2.14. The van der Waals surface area contributed by atoms with E-state index in [-0.39, 0.29) is 0 Å². The zero-order valence-corrected chi connectivity index (χ0v) is 13.1. The van der Waals surface area contributed by atoms with Gasteiger partial charge in [-0.3, -0.25) is 4.21 Å². The summed E-state index contributed by atoms with van der Waals surface area (Å²) in [6.07, 6.45) is 0. The number of hydrogen-bond donors (Lipinski definition) is 0. The van der Waals surface area contributed by atoms with E-state index in [1.165, 1.54) is 0 Å². The highest BCUT2D eigenvalue weighted by atomic mass is 32.2. The molecule has 0 aromatic heterocycles. The van der Waals surface area contributed by atoms with Crippen molar-refractivity contribution in [3.8, 4) is 17.2 Å². The van der Waals surface area contributed by atoms with E-state index in [2.05, 4.69) is 0 Å². The molecule has 0 amide bonds. The lowest BCUT2D eigenvalue weighted by Crippen LogP contribution is -2.00. The Labute approximate surface area is 127 Å². The average molecular weight is 306 g/mol. The monoisotopic (exact) mass is 306 g/mol. The first-order valence-electron chi connectivity index (χ1n) is 6.42. The average Bonchev–Trinajstić information content (AvgIpc) is 2.54. The second-order valence-electron chi connectivity index (χ2n) is 4.34. The standard InChI is InChI=1S/C16H18O4S/c1-18-14-9-12(10-15(19-2)16(14)20-3)11-21(17)13-7-5-4-6-8-13/h4-10H,11H2,1-3H3. The molecule has 0 spiro atoms. The van der Waals surface area contributed by atoms with Crippen molar-refractivity contribution in [1.29, 1.82) is 0 Å². The second kappa shape index (κ2) is 7.13. The van der Waals surface area contributed by atoms with E-state index in [0.29, 0.717) is 23.0 Å². The Kier molecular flexibility index (Phi) is 5.22. The third-order valence-electron chi connectivity index (χ3n) is 3.03. The van der Waals surface area contributed by atoms with Crippen molar-refractivity contribution < 1.29 is 18.4 Å². The molecule has 0 saturated heterocycles. The molecule has 2 rings (SSSR count). The topological polar surface area (TPSA) is 44.8 Å². The van der Waals surface area contributed by atoms with Crippen molar-refractivity contribution >= 4 is 10.8 Å². The van der Waals surface area contributed by atoms with E-state index in [4.69, 9.17) is 14.2 Å². The van der Waals surface area contributed by atoms with Gasteiger partial charge in [-0.05, 0) is 29.8 Å². The van der Waals surface area contributed by atoms with Crippen LogP contribution in [0.25, 0.3) is 0 Å². The van der Waals surface area contributed by atoms with Gasteiger partial charge in [0.2, 0.25) is 5.75 Å². The predicted octanol–water partition coefficient (Wildman–Crippen LogP) is 3.02. The van der Waals surface area contributed by atoms with Crippen molar-refractivity contribution in [3.05, 3.63) is 48.0 Å². The molecule has 112 valence electrons. The summed E-state index contributed by atoms with van der Waals surface area (Å²) in [7, 11) is 3.57. The van der Waals surface area contributed by atoms with E-state index in [1.54, 1.807) is 21.3 Å². The normalized spacial score (nSPS) is 11.8. The van der Waals surface area contributed by atoms with Crippen LogP contribution in [0.3, 0.4) is 0 Å². The van der Waals surface area contributed by atoms with Crippen molar-refractivity contribution in [1.82, 2.24) is 0 Å². The van der Waals surface area contributed by atoms with Crippen LogP contribution in [-0.4, -0.2) is 25.5 Å². The minimum Gasteiger partial charge on any atom is -0.493 e. The van der Waals surface area contributed by atoms with Gasteiger partial charge in [-0.15, -0.1) is 0 Å². The Morgan fingerprint density at radius 3 is 1.95 bits per heavy atom.